The largest absolute Gasteiger partial charge is 0.344 e. The maximum absolute atomic E-state index is 5.57. The van der Waals surface area contributed by atoms with Crippen LogP contribution >= 0.6 is 0 Å². The summed E-state index contributed by atoms with van der Waals surface area (Å²) in [5.74, 6) is 1.50. The molecule has 1 atom stereocenters. The van der Waals surface area contributed by atoms with E-state index in [1.165, 1.54) is 49.9 Å². The molecule has 0 amide bonds. The zero-order valence-corrected chi connectivity index (χ0v) is 34.2. The molecule has 2 heterocycles. The van der Waals surface area contributed by atoms with Crippen LogP contribution in [0.3, 0.4) is 0 Å². The number of hydrogen-bond acceptors (Lipinski definition) is 4. The van der Waals surface area contributed by atoms with Crippen LogP contribution in [-0.2, 0) is 5.41 Å². The predicted octanol–water partition coefficient (Wildman–Crippen LogP) is 13.6. The van der Waals surface area contributed by atoms with Crippen LogP contribution in [0.4, 0.5) is 0 Å². The van der Waals surface area contributed by atoms with Crippen LogP contribution in [0.25, 0.3) is 66.3 Å². The maximum atomic E-state index is 5.57. The first kappa shape index (κ1) is 35.5. The van der Waals surface area contributed by atoms with E-state index in [4.69, 9.17) is 15.0 Å². The number of hydrogen-bond donors (Lipinski definition) is 1. The van der Waals surface area contributed by atoms with Crippen LogP contribution in [0, 0.1) is 0 Å². The molecule has 1 aromatic heterocycles. The minimum absolute atomic E-state index is 0.392. The summed E-state index contributed by atoms with van der Waals surface area (Å²) in [5, 5.41) is 7.16. The van der Waals surface area contributed by atoms with Crippen molar-refractivity contribution in [3.8, 4) is 44.6 Å². The van der Waals surface area contributed by atoms with Crippen LogP contribution in [0.2, 0.25) is 0 Å². The number of amidine groups is 2. The number of nitrogens with zero attached hydrogens (tertiary/aromatic N) is 3. The molecule has 2 aliphatic carbocycles. The van der Waals surface area contributed by atoms with Crippen molar-refractivity contribution >= 4 is 33.3 Å². The Balaban J connectivity index is 1.08. The molecule has 13 rings (SSSR count). The first-order chi connectivity index (χ1) is 31.2. The van der Waals surface area contributed by atoms with Crippen molar-refractivity contribution < 1.29 is 0 Å². The Morgan fingerprint density at radius 3 is 1.60 bits per heavy atom. The van der Waals surface area contributed by atoms with Gasteiger partial charge in [0.2, 0.25) is 0 Å². The Kier molecular flexibility index (Phi) is 7.85. The van der Waals surface area contributed by atoms with Crippen LogP contribution < -0.4 is 5.32 Å². The van der Waals surface area contributed by atoms with Gasteiger partial charge >= 0.3 is 0 Å². The summed E-state index contributed by atoms with van der Waals surface area (Å²) in [6, 6.07) is 78.7. The number of nitrogens with one attached hydrogen (secondary N) is 1. The van der Waals surface area contributed by atoms with Crippen LogP contribution in [-0.4, -0.2) is 16.7 Å². The number of rotatable bonds is 5. The standard InChI is InChI=1S/C59H38N4/c1-4-18-37(19-5-1)54-35-47(46-33-41(32-40-24-10-11-25-42(40)46)58-62-56(38-20-6-2-7-21-38)61-57(63-58)39-22-8-3-9-23-39)49-34-48-45-28-14-17-31-52(45)59(53(48)36-55(49)60-54)50-29-15-12-26-43(50)44-27-13-16-30-51(44)59/h1-36,58H,(H,61,62,63). The number of aliphatic imine (C=N–C) groups is 2. The topological polar surface area (TPSA) is 49.6 Å². The molecule has 4 nitrogen and oxygen atoms in total. The first-order valence-electron chi connectivity index (χ1n) is 21.6. The lowest BCUT2D eigenvalue weighted by molar-refractivity contribution is 0.675. The highest BCUT2D eigenvalue weighted by Gasteiger charge is 2.51. The fourth-order valence-electron chi connectivity index (χ4n) is 10.6. The van der Waals surface area contributed by atoms with Gasteiger partial charge < -0.3 is 5.32 Å². The number of pyridine rings is 1. The lowest BCUT2D eigenvalue weighted by Crippen LogP contribution is -2.33. The summed E-state index contributed by atoms with van der Waals surface area (Å²) in [7, 11) is 0. The molecular formula is C59H38N4. The van der Waals surface area contributed by atoms with E-state index in [0.29, 0.717) is 5.84 Å². The van der Waals surface area contributed by atoms with Crippen molar-refractivity contribution in [1.82, 2.24) is 10.3 Å². The zero-order valence-electron chi connectivity index (χ0n) is 34.2. The summed E-state index contributed by atoms with van der Waals surface area (Å²) in [6.07, 6.45) is -0.392. The highest BCUT2D eigenvalue weighted by molar-refractivity contribution is 6.13. The smallest absolute Gasteiger partial charge is 0.159 e. The fraction of sp³-hybridized carbons (Fsp3) is 0.0339. The molecule has 0 bridgehead atoms. The van der Waals surface area contributed by atoms with Crippen molar-refractivity contribution in [2.45, 2.75) is 11.6 Å². The van der Waals surface area contributed by atoms with Gasteiger partial charge in [-0.15, -0.1) is 0 Å². The molecule has 1 unspecified atom stereocenters. The summed E-state index contributed by atoms with van der Waals surface area (Å²) in [4.78, 5) is 16.0. The molecule has 294 valence electrons. The van der Waals surface area contributed by atoms with Gasteiger partial charge in [0, 0.05) is 22.1 Å². The Hall–Kier alpha value is -8.21. The Morgan fingerprint density at radius 1 is 0.397 bits per heavy atom. The second-order valence-electron chi connectivity index (χ2n) is 16.7. The van der Waals surface area contributed by atoms with Gasteiger partial charge in [-0.25, -0.2) is 15.0 Å². The van der Waals surface area contributed by atoms with Crippen LogP contribution in [0.1, 0.15) is 45.1 Å². The van der Waals surface area contributed by atoms with Gasteiger partial charge in [-0.2, -0.15) is 0 Å². The number of fused-ring (bicyclic) bond motifs is 12. The van der Waals surface area contributed by atoms with Gasteiger partial charge in [-0.3, -0.25) is 0 Å². The molecule has 4 heteroatoms. The normalized spacial score (nSPS) is 15.3. The molecule has 0 fully saturated rings. The van der Waals surface area contributed by atoms with E-state index in [0.717, 1.165) is 61.2 Å². The van der Waals surface area contributed by atoms with Gasteiger partial charge in [0.1, 0.15) is 12.0 Å². The predicted molar refractivity (Wildman–Crippen MR) is 258 cm³/mol. The highest BCUT2D eigenvalue weighted by Crippen LogP contribution is 2.63. The Labute approximate surface area is 365 Å². The van der Waals surface area contributed by atoms with Crippen molar-refractivity contribution in [1.29, 1.82) is 0 Å². The van der Waals surface area contributed by atoms with E-state index in [1.54, 1.807) is 0 Å². The second-order valence-corrected chi connectivity index (χ2v) is 16.7. The first-order valence-corrected chi connectivity index (χ1v) is 21.6. The zero-order chi connectivity index (χ0) is 41.5. The average molecular weight is 803 g/mol. The molecule has 1 aliphatic heterocycles. The summed E-state index contributed by atoms with van der Waals surface area (Å²) in [5.41, 5.74) is 18.1. The van der Waals surface area contributed by atoms with E-state index in [9.17, 15) is 0 Å². The van der Waals surface area contributed by atoms with E-state index >= 15 is 0 Å². The molecule has 63 heavy (non-hydrogen) atoms. The van der Waals surface area contributed by atoms with Gasteiger partial charge in [-0.05, 0) is 102 Å². The van der Waals surface area contributed by atoms with Crippen molar-refractivity contribution in [2.24, 2.45) is 9.98 Å². The molecule has 1 N–H and O–H groups in total. The van der Waals surface area contributed by atoms with Gasteiger partial charge in [0.15, 0.2) is 5.84 Å². The minimum Gasteiger partial charge on any atom is -0.344 e. The Morgan fingerprint density at radius 2 is 0.937 bits per heavy atom. The second kappa shape index (κ2) is 13.9. The Bertz CT molecular complexity index is 3490. The lowest BCUT2D eigenvalue weighted by Gasteiger charge is -2.30. The molecule has 0 radical (unpaired) electrons. The van der Waals surface area contributed by atoms with Crippen molar-refractivity contribution in [3.63, 3.8) is 0 Å². The quantitative estimate of drug-likeness (QED) is 0.188. The summed E-state index contributed by atoms with van der Waals surface area (Å²) >= 11 is 0. The van der Waals surface area contributed by atoms with E-state index < -0.39 is 11.6 Å². The average Bonchev–Trinajstić information content (AvgIpc) is 3.82. The third kappa shape index (κ3) is 5.38. The molecule has 10 aromatic rings. The molecule has 0 saturated carbocycles. The number of aromatic nitrogens is 1. The highest BCUT2D eigenvalue weighted by atomic mass is 15.2. The molecule has 1 spiro atoms. The summed E-state index contributed by atoms with van der Waals surface area (Å²) in [6.45, 7) is 0. The van der Waals surface area contributed by atoms with E-state index in [1.807, 2.05) is 24.3 Å². The monoisotopic (exact) mass is 802 g/mol. The van der Waals surface area contributed by atoms with Gasteiger partial charge in [0.05, 0.1) is 16.6 Å². The van der Waals surface area contributed by atoms with Crippen molar-refractivity contribution in [3.05, 3.63) is 257 Å². The van der Waals surface area contributed by atoms with Crippen LogP contribution in [0.5, 0.6) is 0 Å². The molecule has 3 aliphatic rings. The number of benzene rings is 9. The summed E-state index contributed by atoms with van der Waals surface area (Å²) < 4.78 is 0. The maximum Gasteiger partial charge on any atom is 0.159 e. The minimum atomic E-state index is -0.469. The third-order valence-corrected chi connectivity index (χ3v) is 13.3. The van der Waals surface area contributed by atoms with E-state index in [2.05, 4.69) is 199 Å². The lowest BCUT2D eigenvalue weighted by atomic mass is 9.70. The SMILES string of the molecule is c1ccc(C2=NC(c3cc(-c4cc(-c5ccccc5)nc5cc6c(cc45)-c4ccccc4C64c5ccccc5-c5ccccc54)c4ccccc4c3)NC(c3ccccc3)=N2)cc1. The van der Waals surface area contributed by atoms with Gasteiger partial charge in [-0.1, -0.05) is 188 Å². The molecular weight excluding hydrogens is 765 g/mol. The van der Waals surface area contributed by atoms with Gasteiger partial charge in [0.25, 0.3) is 0 Å². The van der Waals surface area contributed by atoms with Crippen LogP contribution in [0.15, 0.2) is 228 Å². The van der Waals surface area contributed by atoms with Crippen molar-refractivity contribution in [2.75, 3.05) is 0 Å². The third-order valence-electron chi connectivity index (χ3n) is 13.3. The molecule has 9 aromatic carbocycles. The fourth-order valence-corrected chi connectivity index (χ4v) is 10.6. The molecule has 0 saturated heterocycles. The van der Waals surface area contributed by atoms with E-state index in [-0.39, 0.29) is 0 Å².